The van der Waals surface area contributed by atoms with Crippen molar-refractivity contribution in [2.75, 3.05) is 13.6 Å². The number of rotatable bonds is 4. The first kappa shape index (κ1) is 14.7. The highest BCUT2D eigenvalue weighted by Crippen LogP contribution is 2.31. The minimum Gasteiger partial charge on any atom is -0.337 e. The number of aryl methyl sites for hydroxylation is 1. The molecule has 4 rings (SSSR count). The molecule has 126 valence electrons. The monoisotopic (exact) mass is 329 g/mol. The Morgan fingerprint density at radius 3 is 2.88 bits per heavy atom. The van der Waals surface area contributed by atoms with E-state index in [1.54, 1.807) is 19.6 Å². The van der Waals surface area contributed by atoms with Crippen molar-refractivity contribution in [2.24, 2.45) is 4.99 Å². The molecule has 3 aliphatic rings. The van der Waals surface area contributed by atoms with Crippen molar-refractivity contribution in [1.82, 2.24) is 29.6 Å². The fraction of sp³-hybridized carbons (Fsp3) is 0.467. The number of guanidine groups is 1. The third kappa shape index (κ3) is 2.15. The van der Waals surface area contributed by atoms with E-state index < -0.39 is 18.2 Å². The largest absolute Gasteiger partial charge is 0.337 e. The summed E-state index contributed by atoms with van der Waals surface area (Å²) in [5.74, 6) is 0.441. The normalized spacial score (nSPS) is 25.5. The molecule has 4 heterocycles. The molecule has 0 saturated carbocycles. The first-order valence-electron chi connectivity index (χ1n) is 7.92. The number of aliphatic imine (C=N–C) groups is 1. The number of fused-ring (bicyclic) bond motifs is 3. The number of urea groups is 1. The third-order valence-electron chi connectivity index (χ3n) is 4.63. The van der Waals surface area contributed by atoms with Crippen LogP contribution in [-0.2, 0) is 11.3 Å². The fourth-order valence-corrected chi connectivity index (χ4v) is 3.35. The van der Waals surface area contributed by atoms with Crippen molar-refractivity contribution < 1.29 is 9.59 Å². The Morgan fingerprint density at radius 1 is 1.29 bits per heavy atom. The van der Waals surface area contributed by atoms with Gasteiger partial charge in [0, 0.05) is 44.4 Å². The van der Waals surface area contributed by atoms with E-state index in [4.69, 9.17) is 0 Å². The maximum absolute atomic E-state index is 12.2. The molecular formula is C15H19N7O2. The highest BCUT2D eigenvalue weighted by Gasteiger charge is 2.51. The Bertz CT molecular complexity index is 739. The van der Waals surface area contributed by atoms with E-state index in [1.807, 2.05) is 28.8 Å². The SMILES string of the molecule is CC1=CN2C(=NC3C2C(=O)NC(=O)N3C)N1CCCn1ccnc1. The summed E-state index contributed by atoms with van der Waals surface area (Å²) < 4.78 is 2.03. The fourth-order valence-electron chi connectivity index (χ4n) is 3.35. The van der Waals surface area contributed by atoms with Crippen LogP contribution < -0.4 is 5.32 Å². The van der Waals surface area contributed by atoms with Gasteiger partial charge in [-0.3, -0.25) is 10.1 Å². The molecular weight excluding hydrogens is 310 g/mol. The van der Waals surface area contributed by atoms with Gasteiger partial charge in [-0.15, -0.1) is 0 Å². The molecule has 1 N–H and O–H groups in total. The quantitative estimate of drug-likeness (QED) is 0.840. The van der Waals surface area contributed by atoms with Crippen molar-refractivity contribution in [3.05, 3.63) is 30.6 Å². The first-order valence-corrected chi connectivity index (χ1v) is 7.92. The number of amides is 3. The number of hydrogen-bond acceptors (Lipinski definition) is 6. The molecule has 0 radical (unpaired) electrons. The van der Waals surface area contributed by atoms with Gasteiger partial charge in [-0.25, -0.2) is 14.8 Å². The molecule has 1 aromatic rings. The van der Waals surface area contributed by atoms with Gasteiger partial charge in [-0.2, -0.15) is 0 Å². The smallest absolute Gasteiger partial charge is 0.325 e. The second kappa shape index (κ2) is 5.36. The van der Waals surface area contributed by atoms with E-state index in [-0.39, 0.29) is 5.91 Å². The lowest BCUT2D eigenvalue weighted by atomic mass is 10.1. The van der Waals surface area contributed by atoms with Crippen molar-refractivity contribution in [3.8, 4) is 0 Å². The van der Waals surface area contributed by atoms with Crippen molar-refractivity contribution >= 4 is 17.9 Å². The van der Waals surface area contributed by atoms with Gasteiger partial charge in [-0.1, -0.05) is 0 Å². The number of nitrogens with one attached hydrogen (secondary N) is 1. The zero-order valence-corrected chi connectivity index (χ0v) is 13.6. The van der Waals surface area contributed by atoms with E-state index in [0.717, 1.165) is 31.2 Å². The van der Waals surface area contributed by atoms with Gasteiger partial charge in [0.2, 0.25) is 5.96 Å². The number of nitrogens with zero attached hydrogens (tertiary/aromatic N) is 6. The summed E-state index contributed by atoms with van der Waals surface area (Å²) in [5, 5.41) is 2.38. The van der Waals surface area contributed by atoms with Crippen LogP contribution in [0, 0.1) is 0 Å². The molecule has 9 heteroatoms. The Morgan fingerprint density at radius 2 is 2.12 bits per heavy atom. The molecule has 1 aromatic heterocycles. The number of imide groups is 1. The standard InChI is InChI=1S/C15H19N7O2/c1-10-8-22-11-12(19(2)15(24)18-13(11)23)17-14(22)21(10)6-3-5-20-7-4-16-9-20/h4,7-9,11-12H,3,5-6H2,1-2H3,(H,18,23,24). The molecule has 3 aliphatic heterocycles. The summed E-state index contributed by atoms with van der Waals surface area (Å²) in [5.41, 5.74) is 1.05. The molecule has 0 spiro atoms. The molecule has 0 aromatic carbocycles. The van der Waals surface area contributed by atoms with Crippen LogP contribution >= 0.6 is 0 Å². The molecule has 9 nitrogen and oxygen atoms in total. The van der Waals surface area contributed by atoms with Gasteiger partial charge in [0.25, 0.3) is 5.91 Å². The number of carbonyl (C=O) groups is 2. The number of carbonyl (C=O) groups excluding carboxylic acids is 2. The molecule has 24 heavy (non-hydrogen) atoms. The predicted molar refractivity (Wildman–Crippen MR) is 85.5 cm³/mol. The van der Waals surface area contributed by atoms with Crippen LogP contribution in [0.15, 0.2) is 35.6 Å². The summed E-state index contributed by atoms with van der Waals surface area (Å²) in [7, 11) is 1.66. The van der Waals surface area contributed by atoms with E-state index >= 15 is 0 Å². The second-order valence-electron chi connectivity index (χ2n) is 6.18. The van der Waals surface area contributed by atoms with Crippen molar-refractivity contribution in [2.45, 2.75) is 32.1 Å². The average molecular weight is 329 g/mol. The van der Waals surface area contributed by atoms with Gasteiger partial charge >= 0.3 is 6.03 Å². The average Bonchev–Trinajstić information content (AvgIpc) is 3.23. The van der Waals surface area contributed by atoms with Gasteiger partial charge in [0.1, 0.15) is 0 Å². The lowest BCUT2D eigenvalue weighted by molar-refractivity contribution is -0.126. The predicted octanol–water partition coefficient (Wildman–Crippen LogP) is -0.00200. The van der Waals surface area contributed by atoms with Crippen LogP contribution in [0.5, 0.6) is 0 Å². The molecule has 2 unspecified atom stereocenters. The van der Waals surface area contributed by atoms with E-state index in [0.29, 0.717) is 0 Å². The number of aromatic nitrogens is 2. The summed E-state index contributed by atoms with van der Waals surface area (Å²) in [6, 6.07) is -0.893. The molecule has 1 saturated heterocycles. The van der Waals surface area contributed by atoms with Crippen LogP contribution in [0.3, 0.4) is 0 Å². The minimum absolute atomic E-state index is 0.300. The topological polar surface area (TPSA) is 86.1 Å². The summed E-state index contributed by atoms with van der Waals surface area (Å²) in [4.78, 5) is 38.1. The van der Waals surface area contributed by atoms with Crippen LogP contribution in [-0.4, -0.2) is 67.9 Å². The second-order valence-corrected chi connectivity index (χ2v) is 6.18. The Balaban J connectivity index is 1.50. The number of allylic oxidation sites excluding steroid dienone is 1. The van der Waals surface area contributed by atoms with Crippen LogP contribution in [0.2, 0.25) is 0 Å². The van der Waals surface area contributed by atoms with Gasteiger partial charge in [0.15, 0.2) is 12.2 Å². The van der Waals surface area contributed by atoms with Gasteiger partial charge in [-0.05, 0) is 13.3 Å². The van der Waals surface area contributed by atoms with Gasteiger partial charge < -0.3 is 19.3 Å². The maximum Gasteiger partial charge on any atom is 0.325 e. The Kier molecular flexibility index (Phi) is 3.29. The lowest BCUT2D eigenvalue weighted by Crippen LogP contribution is -2.62. The summed E-state index contributed by atoms with van der Waals surface area (Å²) >= 11 is 0. The molecule has 2 atom stereocenters. The zero-order valence-electron chi connectivity index (χ0n) is 13.6. The highest BCUT2D eigenvalue weighted by atomic mass is 16.2. The Hall–Kier alpha value is -2.84. The first-order chi connectivity index (χ1) is 11.6. The number of hydrogen-bond donors (Lipinski definition) is 1. The molecule has 1 fully saturated rings. The highest BCUT2D eigenvalue weighted by molar-refractivity contribution is 6.04. The van der Waals surface area contributed by atoms with Gasteiger partial charge in [0.05, 0.1) is 6.33 Å². The zero-order chi connectivity index (χ0) is 16.8. The minimum atomic E-state index is -0.490. The van der Waals surface area contributed by atoms with E-state index in [2.05, 4.69) is 20.2 Å². The number of likely N-dealkylation sites (N-methyl/N-ethyl adjacent to an activating group) is 1. The Labute approximate surface area is 139 Å². The number of imidazole rings is 1. The van der Waals surface area contributed by atoms with Crippen molar-refractivity contribution in [1.29, 1.82) is 0 Å². The van der Waals surface area contributed by atoms with Crippen LogP contribution in [0.25, 0.3) is 0 Å². The summed E-state index contributed by atoms with van der Waals surface area (Å²) in [6.45, 7) is 3.65. The van der Waals surface area contributed by atoms with Crippen LogP contribution in [0.4, 0.5) is 4.79 Å². The van der Waals surface area contributed by atoms with E-state index in [9.17, 15) is 9.59 Å². The molecule has 0 bridgehead atoms. The lowest BCUT2D eigenvalue weighted by Gasteiger charge is -2.34. The van der Waals surface area contributed by atoms with Crippen LogP contribution in [0.1, 0.15) is 13.3 Å². The third-order valence-corrected chi connectivity index (χ3v) is 4.63. The van der Waals surface area contributed by atoms with E-state index in [1.165, 1.54) is 4.90 Å². The summed E-state index contributed by atoms with van der Waals surface area (Å²) in [6.07, 6.45) is 7.88. The molecule has 0 aliphatic carbocycles. The molecule has 3 amide bonds. The van der Waals surface area contributed by atoms with Crippen molar-refractivity contribution in [3.63, 3.8) is 0 Å². The maximum atomic E-state index is 12.2.